The second-order valence-corrected chi connectivity index (χ2v) is 4.91. The number of halogens is 9. The van der Waals surface area contributed by atoms with Crippen LogP contribution in [0.4, 0.5) is 39.5 Å². The fraction of sp³-hybridized carbons (Fsp3) is 0.385. The van der Waals surface area contributed by atoms with Crippen LogP contribution in [-0.2, 0) is 5.60 Å². The second kappa shape index (κ2) is 4.65. The lowest BCUT2D eigenvalue weighted by Crippen LogP contribution is -2.66. The van der Waals surface area contributed by atoms with Gasteiger partial charge in [-0.2, -0.15) is 39.5 Å². The van der Waals surface area contributed by atoms with Gasteiger partial charge in [0.1, 0.15) is 0 Å². The van der Waals surface area contributed by atoms with Gasteiger partial charge in [0, 0.05) is 5.56 Å². The van der Waals surface area contributed by atoms with Gasteiger partial charge in [0.2, 0.25) is 0 Å². The molecule has 0 saturated carbocycles. The van der Waals surface area contributed by atoms with Gasteiger partial charge in [-0.15, -0.1) is 0 Å². The number of benzene rings is 1. The summed E-state index contributed by atoms with van der Waals surface area (Å²) < 4.78 is 117. The van der Waals surface area contributed by atoms with E-state index in [1.54, 1.807) is 0 Å². The summed E-state index contributed by atoms with van der Waals surface area (Å²) in [7, 11) is 0. The zero-order valence-corrected chi connectivity index (χ0v) is 10.8. The number of fused-ring (bicyclic) bond motifs is 1. The van der Waals surface area contributed by atoms with Crippen molar-refractivity contribution in [2.75, 3.05) is 0 Å². The summed E-state index contributed by atoms with van der Waals surface area (Å²) in [5.41, 5.74) is -5.12. The van der Waals surface area contributed by atoms with Crippen molar-refractivity contribution in [1.29, 1.82) is 0 Å². The van der Waals surface area contributed by atoms with Crippen LogP contribution in [0.15, 0.2) is 30.3 Å². The van der Waals surface area contributed by atoms with Gasteiger partial charge >= 0.3 is 23.9 Å². The molecule has 1 atom stereocenters. The van der Waals surface area contributed by atoms with E-state index >= 15 is 0 Å². The van der Waals surface area contributed by atoms with Gasteiger partial charge in [-0.05, 0) is 11.6 Å². The molecule has 1 aromatic carbocycles. The van der Waals surface area contributed by atoms with Crippen LogP contribution in [0.1, 0.15) is 11.1 Å². The van der Waals surface area contributed by atoms with Gasteiger partial charge in [0.25, 0.3) is 0 Å². The number of alkyl halides is 9. The predicted molar refractivity (Wildman–Crippen MR) is 60.3 cm³/mol. The highest BCUT2D eigenvalue weighted by Gasteiger charge is 2.85. The van der Waals surface area contributed by atoms with E-state index in [0.717, 1.165) is 24.3 Å². The third kappa shape index (κ3) is 2.07. The Balaban J connectivity index is 2.61. The molecular weight excluding hydrogens is 343 g/mol. The molecule has 0 bridgehead atoms. The molecule has 1 nitrogen and oxygen atoms in total. The van der Waals surface area contributed by atoms with E-state index in [4.69, 9.17) is 0 Å². The molecule has 23 heavy (non-hydrogen) atoms. The van der Waals surface area contributed by atoms with Crippen LogP contribution in [-0.4, -0.2) is 29.1 Å². The second-order valence-electron chi connectivity index (χ2n) is 4.91. The molecule has 0 heterocycles. The summed E-state index contributed by atoms with van der Waals surface area (Å²) in [5, 5.41) is 9.82. The van der Waals surface area contributed by atoms with Crippen molar-refractivity contribution in [1.82, 2.24) is 0 Å². The lowest BCUT2D eigenvalue weighted by molar-refractivity contribution is -0.414. The number of rotatable bonds is 3. The summed E-state index contributed by atoms with van der Waals surface area (Å²) in [6.45, 7) is 0. The van der Waals surface area contributed by atoms with Crippen LogP contribution >= 0.6 is 0 Å². The van der Waals surface area contributed by atoms with Crippen LogP contribution in [0.2, 0.25) is 0 Å². The largest absolute Gasteiger partial charge is 0.460 e. The summed E-state index contributed by atoms with van der Waals surface area (Å²) in [6.07, 6.45) is -6.14. The average Bonchev–Trinajstić information content (AvgIpc) is 2.77. The lowest BCUT2D eigenvalue weighted by Gasteiger charge is -2.40. The first-order valence-corrected chi connectivity index (χ1v) is 5.91. The van der Waals surface area contributed by atoms with Crippen molar-refractivity contribution in [3.8, 4) is 0 Å². The molecular formula is C13H7F9O. The highest BCUT2D eigenvalue weighted by Crippen LogP contribution is 2.59. The molecule has 10 heteroatoms. The molecule has 2 rings (SSSR count). The minimum absolute atomic E-state index is 0.0675. The van der Waals surface area contributed by atoms with Crippen molar-refractivity contribution >= 4 is 6.08 Å². The van der Waals surface area contributed by atoms with Crippen molar-refractivity contribution in [3.63, 3.8) is 0 Å². The van der Waals surface area contributed by atoms with E-state index in [-0.39, 0.29) is 11.6 Å². The van der Waals surface area contributed by atoms with Crippen molar-refractivity contribution in [3.05, 3.63) is 41.5 Å². The van der Waals surface area contributed by atoms with Crippen molar-refractivity contribution in [2.24, 2.45) is 0 Å². The van der Waals surface area contributed by atoms with E-state index in [1.807, 2.05) is 0 Å². The molecule has 0 radical (unpaired) electrons. The molecule has 0 spiro atoms. The topological polar surface area (TPSA) is 20.2 Å². The van der Waals surface area contributed by atoms with E-state index in [2.05, 4.69) is 0 Å². The van der Waals surface area contributed by atoms with Gasteiger partial charge in [-0.3, -0.25) is 0 Å². The zero-order chi connectivity index (χ0) is 17.9. The first-order chi connectivity index (χ1) is 10.2. The molecule has 1 aliphatic rings. The zero-order valence-electron chi connectivity index (χ0n) is 10.8. The quantitative estimate of drug-likeness (QED) is 0.803. The summed E-state index contributed by atoms with van der Waals surface area (Å²) in [4.78, 5) is 0. The maximum absolute atomic E-state index is 14.0. The first kappa shape index (κ1) is 17.6. The lowest BCUT2D eigenvalue weighted by atomic mass is 9.83. The Morgan fingerprint density at radius 3 is 1.83 bits per heavy atom. The van der Waals surface area contributed by atoms with E-state index in [0.29, 0.717) is 0 Å². The summed E-state index contributed by atoms with van der Waals surface area (Å²) in [5.74, 6) is -20.1. The third-order valence-corrected chi connectivity index (χ3v) is 3.50. The minimum atomic E-state index is -7.05. The van der Waals surface area contributed by atoms with Gasteiger partial charge in [0.05, 0.1) is 0 Å². The molecule has 128 valence electrons. The molecule has 0 fully saturated rings. The molecule has 0 amide bonds. The highest BCUT2D eigenvalue weighted by molar-refractivity contribution is 5.65. The molecule has 1 aromatic rings. The van der Waals surface area contributed by atoms with Gasteiger partial charge in [-0.1, -0.05) is 30.3 Å². The molecule has 1 N–H and O–H groups in total. The normalized spacial score (nSPS) is 22.3. The molecule has 0 aliphatic heterocycles. The van der Waals surface area contributed by atoms with E-state index in [9.17, 15) is 44.6 Å². The summed E-state index contributed by atoms with van der Waals surface area (Å²) >= 11 is 0. The molecule has 1 unspecified atom stereocenters. The maximum Gasteiger partial charge on any atom is 0.460 e. The van der Waals surface area contributed by atoms with Crippen LogP contribution < -0.4 is 0 Å². The fourth-order valence-electron chi connectivity index (χ4n) is 2.18. The van der Waals surface area contributed by atoms with E-state index < -0.39 is 35.1 Å². The average molecular weight is 350 g/mol. The van der Waals surface area contributed by atoms with Crippen LogP contribution in [0, 0.1) is 0 Å². The Morgan fingerprint density at radius 1 is 0.783 bits per heavy atom. The van der Waals surface area contributed by atoms with Gasteiger partial charge in [0.15, 0.2) is 5.60 Å². The Hall–Kier alpha value is -1.71. The van der Waals surface area contributed by atoms with E-state index in [1.165, 1.54) is 6.07 Å². The number of hydrogen-bond acceptors (Lipinski definition) is 1. The van der Waals surface area contributed by atoms with Crippen molar-refractivity contribution in [2.45, 2.75) is 29.5 Å². The van der Waals surface area contributed by atoms with Gasteiger partial charge in [-0.25, -0.2) is 0 Å². The van der Waals surface area contributed by atoms with Crippen LogP contribution in [0.3, 0.4) is 0 Å². The third-order valence-electron chi connectivity index (χ3n) is 3.50. The molecule has 1 aliphatic carbocycles. The van der Waals surface area contributed by atoms with Crippen molar-refractivity contribution < 1.29 is 44.6 Å². The SMILES string of the molecule is OC1(C(F)(F)C(F)(F)C(F)(F)C(F)(F)F)C=Cc2ccccc21. The molecule has 0 saturated heterocycles. The Morgan fingerprint density at radius 2 is 1.30 bits per heavy atom. The fourth-order valence-corrected chi connectivity index (χ4v) is 2.18. The standard InChI is InChI=1S/C13H7F9O/c14-10(15,11(16,17)12(18,19)13(20,21)22)9(23)6-5-7-3-1-2-4-8(7)9/h1-6,23H. The van der Waals surface area contributed by atoms with Crippen LogP contribution in [0.25, 0.3) is 6.08 Å². The smallest absolute Gasteiger partial charge is 0.375 e. The minimum Gasteiger partial charge on any atom is -0.375 e. The first-order valence-electron chi connectivity index (χ1n) is 5.91. The Kier molecular flexibility index (Phi) is 3.57. The predicted octanol–water partition coefficient (Wildman–Crippen LogP) is 4.37. The monoisotopic (exact) mass is 350 g/mol. The Labute approximate surface area is 123 Å². The highest BCUT2D eigenvalue weighted by atomic mass is 19.4. The number of hydrogen-bond donors (Lipinski definition) is 1. The molecule has 0 aromatic heterocycles. The van der Waals surface area contributed by atoms with Gasteiger partial charge < -0.3 is 5.11 Å². The number of aliphatic hydroxyl groups is 1. The van der Waals surface area contributed by atoms with Crippen LogP contribution in [0.5, 0.6) is 0 Å². The maximum atomic E-state index is 14.0. The Bertz CT molecular complexity index is 647. The summed E-state index contributed by atoms with van der Waals surface area (Å²) in [6, 6.07) is 4.13.